The molecule has 0 spiro atoms. The Morgan fingerprint density at radius 1 is 1.43 bits per heavy atom. The summed E-state index contributed by atoms with van der Waals surface area (Å²) in [7, 11) is 1.59. The maximum atomic E-state index is 10.6. The molecule has 0 bridgehead atoms. The SMILES string of the molecule is C/C=C/[C@](CC)(CC=O)COCOC. The molecule has 0 aliphatic carbocycles. The van der Waals surface area contributed by atoms with Crippen molar-refractivity contribution in [3.8, 4) is 0 Å². The van der Waals surface area contributed by atoms with Crippen molar-refractivity contribution in [2.75, 3.05) is 20.5 Å². The minimum absolute atomic E-state index is 0.158. The van der Waals surface area contributed by atoms with Crippen LogP contribution in [0.4, 0.5) is 0 Å². The summed E-state index contributed by atoms with van der Waals surface area (Å²) >= 11 is 0. The molecule has 0 aromatic rings. The quantitative estimate of drug-likeness (QED) is 0.261. The molecule has 0 fully saturated rings. The lowest BCUT2D eigenvalue weighted by molar-refractivity contribution is -0.111. The zero-order valence-corrected chi connectivity index (χ0v) is 9.29. The first kappa shape index (κ1) is 13.3. The van der Waals surface area contributed by atoms with Crippen molar-refractivity contribution < 1.29 is 14.3 Å². The van der Waals surface area contributed by atoms with E-state index in [0.29, 0.717) is 13.0 Å². The van der Waals surface area contributed by atoms with E-state index in [9.17, 15) is 4.79 Å². The Kier molecular flexibility index (Phi) is 7.34. The van der Waals surface area contributed by atoms with E-state index in [1.807, 2.05) is 19.1 Å². The van der Waals surface area contributed by atoms with E-state index in [2.05, 4.69) is 6.92 Å². The Hall–Kier alpha value is -0.670. The Morgan fingerprint density at radius 2 is 2.14 bits per heavy atom. The van der Waals surface area contributed by atoms with Crippen LogP contribution in [0.25, 0.3) is 0 Å². The van der Waals surface area contributed by atoms with Gasteiger partial charge in [0.05, 0.1) is 6.61 Å². The van der Waals surface area contributed by atoms with Crippen LogP contribution in [0.2, 0.25) is 0 Å². The molecule has 0 rings (SSSR count). The Labute approximate surface area is 86.1 Å². The van der Waals surface area contributed by atoms with Crippen molar-refractivity contribution in [2.24, 2.45) is 5.41 Å². The van der Waals surface area contributed by atoms with Crippen LogP contribution in [-0.2, 0) is 14.3 Å². The zero-order chi connectivity index (χ0) is 10.9. The average molecular weight is 200 g/mol. The van der Waals surface area contributed by atoms with Gasteiger partial charge in [0.15, 0.2) is 0 Å². The maximum absolute atomic E-state index is 10.6. The highest BCUT2D eigenvalue weighted by Gasteiger charge is 2.24. The monoisotopic (exact) mass is 200 g/mol. The highest BCUT2D eigenvalue weighted by atomic mass is 16.7. The summed E-state index contributed by atoms with van der Waals surface area (Å²) in [4.78, 5) is 10.6. The van der Waals surface area contributed by atoms with Gasteiger partial charge in [0.1, 0.15) is 13.1 Å². The number of allylic oxidation sites excluding steroid dienone is 1. The fraction of sp³-hybridized carbons (Fsp3) is 0.727. The van der Waals surface area contributed by atoms with E-state index in [0.717, 1.165) is 12.7 Å². The number of carbonyl (C=O) groups is 1. The van der Waals surface area contributed by atoms with Gasteiger partial charge in [-0.25, -0.2) is 0 Å². The molecule has 1 atom stereocenters. The lowest BCUT2D eigenvalue weighted by Crippen LogP contribution is -2.25. The molecule has 0 saturated carbocycles. The third kappa shape index (κ3) is 4.53. The molecule has 82 valence electrons. The summed E-state index contributed by atoms with van der Waals surface area (Å²) in [6.07, 6.45) is 6.33. The van der Waals surface area contributed by atoms with Crippen molar-refractivity contribution in [1.29, 1.82) is 0 Å². The smallest absolute Gasteiger partial charge is 0.146 e. The first-order chi connectivity index (χ1) is 6.74. The molecule has 14 heavy (non-hydrogen) atoms. The van der Waals surface area contributed by atoms with Crippen molar-refractivity contribution in [3.05, 3.63) is 12.2 Å². The third-order valence-corrected chi connectivity index (χ3v) is 2.30. The highest BCUT2D eigenvalue weighted by Crippen LogP contribution is 2.27. The molecule has 0 amide bonds. The molecular weight excluding hydrogens is 180 g/mol. The summed E-state index contributed by atoms with van der Waals surface area (Å²) in [5.74, 6) is 0. The van der Waals surface area contributed by atoms with E-state index in [4.69, 9.17) is 9.47 Å². The van der Waals surface area contributed by atoms with Crippen molar-refractivity contribution >= 4 is 6.29 Å². The van der Waals surface area contributed by atoms with Crippen LogP contribution < -0.4 is 0 Å². The number of ether oxygens (including phenoxy) is 2. The van der Waals surface area contributed by atoms with E-state index in [1.165, 1.54) is 0 Å². The molecule has 3 heteroatoms. The molecule has 0 heterocycles. The second-order valence-corrected chi connectivity index (χ2v) is 3.34. The number of hydrogen-bond acceptors (Lipinski definition) is 3. The van der Waals surface area contributed by atoms with Gasteiger partial charge >= 0.3 is 0 Å². The van der Waals surface area contributed by atoms with E-state index in [1.54, 1.807) is 7.11 Å². The third-order valence-electron chi connectivity index (χ3n) is 2.30. The van der Waals surface area contributed by atoms with Gasteiger partial charge in [0.25, 0.3) is 0 Å². The summed E-state index contributed by atoms with van der Waals surface area (Å²) in [5, 5.41) is 0. The van der Waals surface area contributed by atoms with E-state index < -0.39 is 0 Å². The standard InChI is InChI=1S/C11H20O3/c1-4-6-11(5-2,7-8-12)9-14-10-13-3/h4,6,8H,5,7,9-10H2,1-3H3/b6-4+/t11-/m1/s1. The van der Waals surface area contributed by atoms with Crippen LogP contribution in [0.5, 0.6) is 0 Å². The van der Waals surface area contributed by atoms with Crippen molar-refractivity contribution in [1.82, 2.24) is 0 Å². The largest absolute Gasteiger partial charge is 0.359 e. The van der Waals surface area contributed by atoms with Crippen LogP contribution in [0.15, 0.2) is 12.2 Å². The topological polar surface area (TPSA) is 35.5 Å². The predicted molar refractivity (Wildman–Crippen MR) is 56.0 cm³/mol. The Morgan fingerprint density at radius 3 is 2.57 bits per heavy atom. The molecule has 0 N–H and O–H groups in total. The van der Waals surface area contributed by atoms with Gasteiger partial charge in [-0.1, -0.05) is 19.1 Å². The van der Waals surface area contributed by atoms with Crippen LogP contribution in [0.3, 0.4) is 0 Å². The van der Waals surface area contributed by atoms with Crippen LogP contribution in [-0.4, -0.2) is 26.8 Å². The molecule has 3 nitrogen and oxygen atoms in total. The highest BCUT2D eigenvalue weighted by molar-refractivity contribution is 5.51. The minimum atomic E-state index is -0.158. The first-order valence-corrected chi connectivity index (χ1v) is 4.89. The predicted octanol–water partition coefficient (Wildman–Crippen LogP) is 2.17. The molecule has 0 radical (unpaired) electrons. The number of carbonyl (C=O) groups excluding carboxylic acids is 1. The Balaban J connectivity index is 4.25. The number of methoxy groups -OCH3 is 1. The average Bonchev–Trinajstić information content (AvgIpc) is 2.19. The first-order valence-electron chi connectivity index (χ1n) is 4.89. The Bertz CT molecular complexity index is 177. The lowest BCUT2D eigenvalue weighted by Gasteiger charge is -2.26. The van der Waals surface area contributed by atoms with Gasteiger partial charge in [0, 0.05) is 18.9 Å². The zero-order valence-electron chi connectivity index (χ0n) is 9.29. The summed E-state index contributed by atoms with van der Waals surface area (Å²) in [6, 6.07) is 0. The fourth-order valence-electron chi connectivity index (χ4n) is 1.39. The van der Waals surface area contributed by atoms with E-state index in [-0.39, 0.29) is 12.2 Å². The number of aldehydes is 1. The lowest BCUT2D eigenvalue weighted by atomic mass is 9.83. The van der Waals surface area contributed by atoms with Gasteiger partial charge in [-0.05, 0) is 13.3 Å². The number of hydrogen-bond donors (Lipinski definition) is 0. The molecule has 0 aliphatic heterocycles. The second kappa shape index (κ2) is 7.71. The van der Waals surface area contributed by atoms with Gasteiger partial charge in [0.2, 0.25) is 0 Å². The molecule has 0 saturated heterocycles. The maximum Gasteiger partial charge on any atom is 0.146 e. The minimum Gasteiger partial charge on any atom is -0.359 e. The summed E-state index contributed by atoms with van der Waals surface area (Å²) in [6.45, 7) is 4.81. The molecule has 0 aromatic heterocycles. The molecule has 0 unspecified atom stereocenters. The molecule has 0 aliphatic rings. The van der Waals surface area contributed by atoms with Crippen LogP contribution in [0.1, 0.15) is 26.7 Å². The normalized spacial score (nSPS) is 15.6. The van der Waals surface area contributed by atoms with Crippen molar-refractivity contribution in [3.63, 3.8) is 0 Å². The molecule has 0 aromatic carbocycles. The number of rotatable bonds is 8. The van der Waals surface area contributed by atoms with E-state index >= 15 is 0 Å². The molecular formula is C11H20O3. The van der Waals surface area contributed by atoms with Crippen molar-refractivity contribution in [2.45, 2.75) is 26.7 Å². The van der Waals surface area contributed by atoms with Gasteiger partial charge in [-0.2, -0.15) is 0 Å². The van der Waals surface area contributed by atoms with Crippen LogP contribution >= 0.6 is 0 Å². The van der Waals surface area contributed by atoms with Gasteiger partial charge in [-0.3, -0.25) is 0 Å². The van der Waals surface area contributed by atoms with Gasteiger partial charge in [-0.15, -0.1) is 0 Å². The van der Waals surface area contributed by atoms with Gasteiger partial charge < -0.3 is 14.3 Å². The second-order valence-electron chi connectivity index (χ2n) is 3.34. The summed E-state index contributed by atoms with van der Waals surface area (Å²) < 4.78 is 10.1. The fourth-order valence-corrected chi connectivity index (χ4v) is 1.39. The van der Waals surface area contributed by atoms with Crippen LogP contribution in [0, 0.1) is 5.41 Å². The summed E-state index contributed by atoms with van der Waals surface area (Å²) in [5.41, 5.74) is -0.158.